The van der Waals surface area contributed by atoms with Crippen molar-refractivity contribution >= 4 is 11.5 Å². The Hall–Kier alpha value is -2.57. The van der Waals surface area contributed by atoms with Crippen molar-refractivity contribution in [1.29, 1.82) is 0 Å². The molecular weight excluding hydrogens is 299 g/mol. The lowest BCUT2D eigenvalue weighted by molar-refractivity contribution is -0.384. The number of aromatic nitrogens is 2. The number of nitro groups is 1. The minimum absolute atomic E-state index is 0.0594. The highest BCUT2D eigenvalue weighted by atomic mass is 19.1. The number of piperidine rings is 1. The van der Waals surface area contributed by atoms with Crippen LogP contribution in [-0.2, 0) is 0 Å². The predicted molar refractivity (Wildman–Crippen MR) is 84.0 cm³/mol. The second-order valence-electron chi connectivity index (χ2n) is 5.70. The van der Waals surface area contributed by atoms with Gasteiger partial charge in [0, 0.05) is 13.1 Å². The molecule has 0 radical (unpaired) electrons. The molecule has 1 saturated heterocycles. The summed E-state index contributed by atoms with van der Waals surface area (Å²) in [4.78, 5) is 20.8. The van der Waals surface area contributed by atoms with Crippen molar-refractivity contribution in [1.82, 2.24) is 9.97 Å². The van der Waals surface area contributed by atoms with Crippen molar-refractivity contribution in [2.75, 3.05) is 18.0 Å². The molecule has 1 aromatic carbocycles. The first-order valence-corrected chi connectivity index (χ1v) is 7.53. The molecule has 1 aliphatic heterocycles. The third-order valence-electron chi connectivity index (χ3n) is 4.20. The minimum Gasteiger partial charge on any atom is -0.351 e. The molecule has 0 atom stereocenters. The van der Waals surface area contributed by atoms with E-state index in [1.165, 1.54) is 18.3 Å². The van der Waals surface area contributed by atoms with Crippen molar-refractivity contribution in [2.45, 2.75) is 25.7 Å². The fourth-order valence-electron chi connectivity index (χ4n) is 2.97. The Balaban J connectivity index is 1.75. The van der Waals surface area contributed by atoms with E-state index in [0.29, 0.717) is 30.6 Å². The van der Waals surface area contributed by atoms with Crippen LogP contribution in [0.5, 0.6) is 0 Å². The maximum absolute atomic E-state index is 13.0. The standard InChI is InChI=1S/C16H17FN4O2/c1-11-18-10-15(21(22)23)16(19-11)20-8-6-13(7-9-20)12-2-4-14(17)5-3-12/h2-5,10,13H,6-9H2,1H3. The summed E-state index contributed by atoms with van der Waals surface area (Å²) in [6, 6.07) is 6.57. The molecule has 0 aliphatic carbocycles. The van der Waals surface area contributed by atoms with E-state index in [1.807, 2.05) is 17.0 Å². The summed E-state index contributed by atoms with van der Waals surface area (Å²) in [5.74, 6) is 1.01. The first kappa shape index (κ1) is 15.3. The molecule has 0 N–H and O–H groups in total. The van der Waals surface area contributed by atoms with Gasteiger partial charge in [0.15, 0.2) is 0 Å². The third-order valence-corrected chi connectivity index (χ3v) is 4.20. The smallest absolute Gasteiger partial charge is 0.329 e. The molecule has 0 bridgehead atoms. The van der Waals surface area contributed by atoms with Crippen molar-refractivity contribution < 1.29 is 9.31 Å². The number of nitrogens with zero attached hydrogens (tertiary/aromatic N) is 4. The highest BCUT2D eigenvalue weighted by Crippen LogP contribution is 2.33. The Morgan fingerprint density at radius 3 is 2.52 bits per heavy atom. The highest BCUT2D eigenvalue weighted by Gasteiger charge is 2.27. The van der Waals surface area contributed by atoms with Crippen LogP contribution in [0.25, 0.3) is 0 Å². The van der Waals surface area contributed by atoms with Crippen LogP contribution in [-0.4, -0.2) is 28.0 Å². The van der Waals surface area contributed by atoms with Gasteiger partial charge < -0.3 is 4.90 Å². The zero-order valence-electron chi connectivity index (χ0n) is 12.8. The second kappa shape index (κ2) is 6.28. The van der Waals surface area contributed by atoms with Crippen molar-refractivity contribution in [2.24, 2.45) is 0 Å². The Labute approximate surface area is 133 Å². The molecule has 2 aromatic rings. The molecule has 6 nitrogen and oxygen atoms in total. The predicted octanol–water partition coefficient (Wildman–Crippen LogP) is 3.22. The molecule has 1 aromatic heterocycles. The van der Waals surface area contributed by atoms with E-state index < -0.39 is 4.92 Å². The number of hydrogen-bond donors (Lipinski definition) is 0. The maximum Gasteiger partial charge on any atom is 0.329 e. The molecule has 0 amide bonds. The van der Waals surface area contributed by atoms with E-state index in [-0.39, 0.29) is 11.5 Å². The van der Waals surface area contributed by atoms with Crippen LogP contribution in [0.1, 0.15) is 30.1 Å². The number of halogens is 1. The van der Waals surface area contributed by atoms with Gasteiger partial charge in [-0.05, 0) is 43.4 Å². The zero-order valence-corrected chi connectivity index (χ0v) is 12.8. The number of aryl methyl sites for hydroxylation is 1. The SMILES string of the molecule is Cc1ncc([N+](=O)[O-])c(N2CCC(c3ccc(F)cc3)CC2)n1. The molecular formula is C16H17FN4O2. The van der Waals surface area contributed by atoms with Crippen LogP contribution in [0.15, 0.2) is 30.5 Å². The van der Waals surface area contributed by atoms with Crippen LogP contribution in [0.3, 0.4) is 0 Å². The average molecular weight is 316 g/mol. The molecule has 23 heavy (non-hydrogen) atoms. The van der Waals surface area contributed by atoms with Gasteiger partial charge in [0.05, 0.1) is 4.92 Å². The number of anilines is 1. The lowest BCUT2D eigenvalue weighted by Gasteiger charge is -2.32. The number of hydrogen-bond acceptors (Lipinski definition) is 5. The Morgan fingerprint density at radius 1 is 1.26 bits per heavy atom. The van der Waals surface area contributed by atoms with E-state index in [4.69, 9.17) is 0 Å². The topological polar surface area (TPSA) is 72.2 Å². The van der Waals surface area contributed by atoms with Gasteiger partial charge in [-0.3, -0.25) is 10.1 Å². The Bertz CT molecular complexity index is 713. The highest BCUT2D eigenvalue weighted by molar-refractivity contribution is 5.56. The van der Waals surface area contributed by atoms with Gasteiger partial charge in [0.1, 0.15) is 17.8 Å². The lowest BCUT2D eigenvalue weighted by atomic mass is 9.89. The van der Waals surface area contributed by atoms with Gasteiger partial charge in [-0.2, -0.15) is 0 Å². The fourth-order valence-corrected chi connectivity index (χ4v) is 2.97. The van der Waals surface area contributed by atoms with Gasteiger partial charge in [-0.15, -0.1) is 0 Å². The van der Waals surface area contributed by atoms with E-state index >= 15 is 0 Å². The molecule has 1 fully saturated rings. The molecule has 7 heteroatoms. The fraction of sp³-hybridized carbons (Fsp3) is 0.375. The summed E-state index contributed by atoms with van der Waals surface area (Å²) < 4.78 is 13.0. The van der Waals surface area contributed by atoms with E-state index in [2.05, 4.69) is 9.97 Å². The van der Waals surface area contributed by atoms with Crippen LogP contribution < -0.4 is 4.90 Å². The van der Waals surface area contributed by atoms with Crippen molar-refractivity contribution in [3.8, 4) is 0 Å². The quantitative estimate of drug-likeness (QED) is 0.642. The molecule has 3 rings (SSSR count). The van der Waals surface area contributed by atoms with Gasteiger partial charge in [0.25, 0.3) is 0 Å². The van der Waals surface area contributed by atoms with Gasteiger partial charge in [0.2, 0.25) is 5.82 Å². The molecule has 0 unspecified atom stereocenters. The number of rotatable bonds is 3. The van der Waals surface area contributed by atoms with Crippen LogP contribution in [0.2, 0.25) is 0 Å². The molecule has 0 spiro atoms. The summed E-state index contributed by atoms with van der Waals surface area (Å²) in [6.45, 7) is 3.08. The maximum atomic E-state index is 13.0. The van der Waals surface area contributed by atoms with E-state index in [1.54, 1.807) is 6.92 Å². The summed E-state index contributed by atoms with van der Waals surface area (Å²) in [7, 11) is 0. The lowest BCUT2D eigenvalue weighted by Crippen LogP contribution is -2.34. The van der Waals surface area contributed by atoms with Crippen molar-refractivity contribution in [3.63, 3.8) is 0 Å². The first-order chi connectivity index (χ1) is 11.0. The van der Waals surface area contributed by atoms with Crippen LogP contribution in [0.4, 0.5) is 15.9 Å². The minimum atomic E-state index is -0.444. The second-order valence-corrected chi connectivity index (χ2v) is 5.70. The first-order valence-electron chi connectivity index (χ1n) is 7.53. The van der Waals surface area contributed by atoms with Gasteiger partial charge in [-0.1, -0.05) is 12.1 Å². The summed E-state index contributed by atoms with van der Waals surface area (Å²) in [5, 5.41) is 11.2. The van der Waals surface area contributed by atoms with Crippen LogP contribution in [0, 0.1) is 22.9 Å². The molecule has 1 aliphatic rings. The molecule has 2 heterocycles. The summed E-state index contributed by atoms with van der Waals surface area (Å²) in [5.41, 5.74) is 1.05. The van der Waals surface area contributed by atoms with Gasteiger partial charge >= 0.3 is 5.69 Å². The van der Waals surface area contributed by atoms with Crippen LogP contribution >= 0.6 is 0 Å². The molecule has 0 saturated carbocycles. The summed E-state index contributed by atoms with van der Waals surface area (Å²) in [6.07, 6.45) is 2.97. The van der Waals surface area contributed by atoms with E-state index in [0.717, 1.165) is 18.4 Å². The Kier molecular flexibility index (Phi) is 4.18. The van der Waals surface area contributed by atoms with Gasteiger partial charge in [-0.25, -0.2) is 14.4 Å². The largest absolute Gasteiger partial charge is 0.351 e. The monoisotopic (exact) mass is 316 g/mol. The van der Waals surface area contributed by atoms with E-state index in [9.17, 15) is 14.5 Å². The molecule has 120 valence electrons. The average Bonchev–Trinajstić information content (AvgIpc) is 2.55. The normalized spacial score (nSPS) is 15.7. The number of benzene rings is 1. The zero-order chi connectivity index (χ0) is 16.4. The van der Waals surface area contributed by atoms with Crippen molar-refractivity contribution in [3.05, 3.63) is 57.8 Å². The summed E-state index contributed by atoms with van der Waals surface area (Å²) >= 11 is 0. The Morgan fingerprint density at radius 2 is 1.91 bits per heavy atom. The third kappa shape index (κ3) is 3.28.